The van der Waals surface area contributed by atoms with Crippen molar-refractivity contribution in [1.82, 2.24) is 0 Å². The molecule has 9 rings (SSSR count). The third-order valence-electron chi connectivity index (χ3n) is 10.2. The molecular weight excluding hydrogens is 671 g/mol. The van der Waals surface area contributed by atoms with E-state index in [0.29, 0.717) is 11.4 Å². The third-order valence-corrected chi connectivity index (χ3v) is 15.0. The average Bonchev–Trinajstić information content (AvgIpc) is 3.51. The molecule has 0 bridgehead atoms. The lowest BCUT2D eigenvalue weighted by Gasteiger charge is -2.34. The monoisotopic (exact) mass is 704 g/mol. The first-order valence-electron chi connectivity index (χ1n) is 17.7. The van der Waals surface area contributed by atoms with Crippen LogP contribution in [0, 0.1) is 11.6 Å². The molecular formula is C48H34F2N2Si. The lowest BCUT2D eigenvalue weighted by atomic mass is 10.1. The van der Waals surface area contributed by atoms with Crippen LogP contribution >= 0.6 is 0 Å². The van der Waals surface area contributed by atoms with E-state index < -0.39 is 8.07 Å². The van der Waals surface area contributed by atoms with E-state index in [0.717, 1.165) is 54.6 Å². The molecule has 0 spiro atoms. The van der Waals surface area contributed by atoms with E-state index in [-0.39, 0.29) is 11.6 Å². The largest absolute Gasteiger partial charge is 0.310 e. The van der Waals surface area contributed by atoms with E-state index in [4.69, 9.17) is 0 Å². The minimum absolute atomic E-state index is 0.352. The van der Waals surface area contributed by atoms with Crippen LogP contribution in [0.3, 0.4) is 0 Å². The molecule has 0 amide bonds. The van der Waals surface area contributed by atoms with Crippen molar-refractivity contribution < 1.29 is 8.78 Å². The molecule has 0 aromatic heterocycles. The first-order chi connectivity index (χ1) is 26.1. The molecule has 0 unspecified atom stereocenters. The fourth-order valence-electron chi connectivity index (χ4n) is 8.07. The Labute approximate surface area is 309 Å². The van der Waals surface area contributed by atoms with Crippen LogP contribution in [0.5, 0.6) is 0 Å². The summed E-state index contributed by atoms with van der Waals surface area (Å²) in [6.07, 6.45) is 0. The normalized spacial score (nSPS) is 12.5. The minimum Gasteiger partial charge on any atom is -0.310 e. The number of nitrogens with zero attached hydrogens (tertiary/aromatic N) is 2. The lowest BCUT2D eigenvalue weighted by molar-refractivity contribution is 0.629. The van der Waals surface area contributed by atoms with E-state index in [1.54, 1.807) is 24.3 Å². The summed E-state index contributed by atoms with van der Waals surface area (Å²) in [5, 5.41) is 3.88. The topological polar surface area (TPSA) is 6.48 Å². The van der Waals surface area contributed by atoms with E-state index >= 15 is 8.78 Å². The van der Waals surface area contributed by atoms with Crippen LogP contribution in [0.1, 0.15) is 0 Å². The number of hydrogen-bond acceptors (Lipinski definition) is 2. The van der Waals surface area contributed by atoms with Crippen LogP contribution in [0.15, 0.2) is 206 Å². The maximum absolute atomic E-state index is 16.6. The second kappa shape index (κ2) is 13.5. The number of fused-ring (bicyclic) bond motifs is 3. The van der Waals surface area contributed by atoms with Gasteiger partial charge in [-0.25, -0.2) is 8.78 Å². The van der Waals surface area contributed by atoms with Crippen molar-refractivity contribution in [2.75, 3.05) is 9.80 Å². The molecule has 0 fully saturated rings. The van der Waals surface area contributed by atoms with Crippen molar-refractivity contribution in [1.29, 1.82) is 0 Å². The molecule has 0 radical (unpaired) electrons. The second-order valence-corrected chi connectivity index (χ2v) is 17.0. The average molecular weight is 705 g/mol. The smallest absolute Gasteiger partial charge is 0.181 e. The molecule has 1 aliphatic heterocycles. The van der Waals surface area contributed by atoms with Crippen molar-refractivity contribution in [3.8, 4) is 11.1 Å². The highest BCUT2D eigenvalue weighted by Crippen LogP contribution is 2.38. The zero-order valence-corrected chi connectivity index (χ0v) is 29.8. The Balaban J connectivity index is 1.35. The van der Waals surface area contributed by atoms with Gasteiger partial charge >= 0.3 is 0 Å². The molecule has 5 heteroatoms. The summed E-state index contributed by atoms with van der Waals surface area (Å²) in [5.74, 6) is -0.704. The molecule has 0 atom stereocenters. The Bertz CT molecular complexity index is 2290. The molecule has 0 saturated carbocycles. The molecule has 0 aliphatic carbocycles. The van der Waals surface area contributed by atoms with Crippen molar-refractivity contribution in [2.45, 2.75) is 0 Å². The summed E-state index contributed by atoms with van der Waals surface area (Å²) in [6.45, 7) is 0. The van der Waals surface area contributed by atoms with Crippen molar-refractivity contribution in [2.24, 2.45) is 0 Å². The van der Waals surface area contributed by atoms with Gasteiger partial charge in [0.25, 0.3) is 0 Å². The molecule has 8 aromatic rings. The summed E-state index contributed by atoms with van der Waals surface area (Å²) in [7, 11) is -3.38. The van der Waals surface area contributed by atoms with Crippen molar-refractivity contribution in [3.05, 3.63) is 218 Å². The highest BCUT2D eigenvalue weighted by Gasteiger charge is 2.49. The summed E-state index contributed by atoms with van der Waals surface area (Å²) >= 11 is 0. The van der Waals surface area contributed by atoms with Gasteiger partial charge in [-0.1, -0.05) is 121 Å². The quantitative estimate of drug-likeness (QED) is 0.145. The van der Waals surface area contributed by atoms with Gasteiger partial charge in [-0.15, -0.1) is 0 Å². The zero-order valence-electron chi connectivity index (χ0n) is 28.8. The summed E-state index contributed by atoms with van der Waals surface area (Å²) < 4.78 is 33.1. The van der Waals surface area contributed by atoms with Gasteiger partial charge in [0.15, 0.2) is 8.07 Å². The summed E-state index contributed by atoms with van der Waals surface area (Å²) in [5.41, 5.74) is 7.21. The van der Waals surface area contributed by atoms with Gasteiger partial charge < -0.3 is 9.80 Å². The number of benzene rings is 8. The van der Waals surface area contributed by atoms with Crippen LogP contribution < -0.4 is 30.5 Å². The van der Waals surface area contributed by atoms with Crippen LogP contribution in [0.25, 0.3) is 11.1 Å². The first-order valence-corrected chi connectivity index (χ1v) is 19.7. The number of para-hydroxylation sites is 4. The standard InChI is InChI=1S/C48H34F2N2Si/c49-35-29-41(51(37-17-5-1-6-18-37)38-19-7-2-8-20-38)33-43(31-35)53(47-27-15-13-25-45(47)46-26-14-16-28-48(46)53)44-32-36(50)30-42(34-44)52(39-21-9-3-10-22-39)40-23-11-4-12-24-40/h1-34H. The van der Waals surface area contributed by atoms with Crippen LogP contribution in [0.2, 0.25) is 0 Å². The fourth-order valence-corrected chi connectivity index (χ4v) is 13.3. The van der Waals surface area contributed by atoms with Crippen molar-refractivity contribution in [3.63, 3.8) is 0 Å². The zero-order chi connectivity index (χ0) is 35.8. The number of anilines is 6. The molecule has 1 aliphatic rings. The summed E-state index contributed by atoms with van der Waals surface area (Å²) in [4.78, 5) is 4.18. The first kappa shape index (κ1) is 32.4. The van der Waals surface area contributed by atoms with Crippen LogP contribution in [-0.2, 0) is 0 Å². The number of rotatable bonds is 8. The third kappa shape index (κ3) is 5.63. The second-order valence-electron chi connectivity index (χ2n) is 13.3. The molecule has 254 valence electrons. The van der Waals surface area contributed by atoms with Gasteiger partial charge in [-0.05, 0) is 117 Å². The molecule has 2 nitrogen and oxygen atoms in total. The maximum atomic E-state index is 16.6. The van der Waals surface area contributed by atoms with E-state index in [2.05, 4.69) is 46.2 Å². The predicted molar refractivity (Wildman–Crippen MR) is 218 cm³/mol. The highest BCUT2D eigenvalue weighted by molar-refractivity contribution is 7.22. The minimum atomic E-state index is -3.38. The van der Waals surface area contributed by atoms with Crippen LogP contribution in [-0.4, -0.2) is 8.07 Å². The molecule has 1 heterocycles. The van der Waals surface area contributed by atoms with Gasteiger partial charge in [0.05, 0.1) is 0 Å². The lowest BCUT2D eigenvalue weighted by Crippen LogP contribution is -2.73. The van der Waals surface area contributed by atoms with E-state index in [1.807, 2.05) is 146 Å². The Morgan fingerprint density at radius 2 is 0.604 bits per heavy atom. The SMILES string of the molecule is Fc1cc(N(c2ccccc2)c2ccccc2)cc([Si]2(c3cc(F)cc(N(c4ccccc4)c4ccccc4)c3)c3ccccc3-c3ccccc32)c1. The van der Waals surface area contributed by atoms with Gasteiger partial charge in [-0.2, -0.15) is 0 Å². The van der Waals surface area contributed by atoms with Crippen LogP contribution in [0.4, 0.5) is 42.9 Å². The van der Waals surface area contributed by atoms with Gasteiger partial charge in [-0.3, -0.25) is 0 Å². The number of hydrogen-bond donors (Lipinski definition) is 0. The predicted octanol–water partition coefficient (Wildman–Crippen LogP) is 10.3. The van der Waals surface area contributed by atoms with E-state index in [9.17, 15) is 0 Å². The van der Waals surface area contributed by atoms with Crippen molar-refractivity contribution >= 4 is 62.9 Å². The Hall–Kier alpha value is -6.56. The Kier molecular flexibility index (Phi) is 8.26. The molecule has 53 heavy (non-hydrogen) atoms. The Morgan fingerprint density at radius 3 is 0.943 bits per heavy atom. The number of halogens is 2. The molecule has 0 saturated heterocycles. The van der Waals surface area contributed by atoms with Gasteiger partial charge in [0.1, 0.15) is 11.6 Å². The molecule has 0 N–H and O–H groups in total. The fraction of sp³-hybridized carbons (Fsp3) is 0. The Morgan fingerprint density at radius 1 is 0.302 bits per heavy atom. The maximum Gasteiger partial charge on any atom is 0.181 e. The van der Waals surface area contributed by atoms with Gasteiger partial charge in [0, 0.05) is 34.1 Å². The van der Waals surface area contributed by atoms with E-state index in [1.165, 1.54) is 0 Å². The van der Waals surface area contributed by atoms with Gasteiger partial charge in [0.2, 0.25) is 0 Å². The molecule has 8 aromatic carbocycles. The highest BCUT2D eigenvalue weighted by atomic mass is 28.3. The summed E-state index contributed by atoms with van der Waals surface area (Å²) in [6, 6.07) is 67.7.